The number of amides is 1. The largest absolute Gasteiger partial charge is 0.505 e. The van der Waals surface area contributed by atoms with E-state index >= 15 is 0 Å². The fourth-order valence-electron chi connectivity index (χ4n) is 4.27. The van der Waals surface area contributed by atoms with Crippen molar-refractivity contribution in [2.45, 2.75) is 18.8 Å². The molecule has 1 N–H and O–H groups in total. The number of aromatic nitrogens is 2. The zero-order valence-corrected chi connectivity index (χ0v) is 18.1. The Balaban J connectivity index is 1.60. The number of nitrogens with zero attached hydrogens (tertiary/aromatic N) is 4. The summed E-state index contributed by atoms with van der Waals surface area (Å²) in [5.74, 6) is -0.150. The number of piperazine rings is 1. The average Bonchev–Trinajstić information content (AvgIpc) is 3.65. The van der Waals surface area contributed by atoms with Gasteiger partial charge in [-0.15, -0.1) is 5.10 Å². The van der Waals surface area contributed by atoms with Gasteiger partial charge in [0.25, 0.3) is 0 Å². The molecule has 8 heteroatoms. The molecule has 2 aliphatic rings. The van der Waals surface area contributed by atoms with Gasteiger partial charge in [-0.3, -0.25) is 4.79 Å². The van der Waals surface area contributed by atoms with Gasteiger partial charge in [-0.1, -0.05) is 30.3 Å². The molecule has 1 aromatic heterocycles. The Morgan fingerprint density at radius 3 is 2.56 bits per heavy atom. The third-order valence-corrected chi connectivity index (χ3v) is 6.49. The second-order valence-corrected chi connectivity index (χ2v) is 8.62. The first-order valence-electron chi connectivity index (χ1n) is 10.6. The van der Waals surface area contributed by atoms with Gasteiger partial charge in [0.15, 0.2) is 17.4 Å². The van der Waals surface area contributed by atoms with Crippen molar-refractivity contribution in [3.63, 3.8) is 0 Å². The second kappa shape index (κ2) is 8.06. The molecule has 0 unspecified atom stereocenters. The summed E-state index contributed by atoms with van der Waals surface area (Å²) >= 11 is 6.63. The van der Waals surface area contributed by atoms with Gasteiger partial charge in [-0.25, -0.2) is 4.39 Å². The monoisotopic (exact) mass is 452 g/mol. The van der Waals surface area contributed by atoms with E-state index in [0.717, 1.165) is 29.3 Å². The molecule has 1 aliphatic carbocycles. The number of hydrogen-bond acceptors (Lipinski definition) is 5. The number of rotatable bonds is 4. The van der Waals surface area contributed by atoms with Gasteiger partial charge in [0.2, 0.25) is 5.91 Å². The quantitative estimate of drug-likeness (QED) is 0.590. The predicted molar refractivity (Wildman–Crippen MR) is 123 cm³/mol. The van der Waals surface area contributed by atoms with E-state index in [1.165, 1.54) is 12.1 Å². The lowest BCUT2D eigenvalue weighted by molar-refractivity contribution is -0.126. The van der Waals surface area contributed by atoms with Crippen LogP contribution in [0.5, 0.6) is 5.75 Å². The van der Waals surface area contributed by atoms with Crippen LogP contribution in [-0.4, -0.2) is 52.3 Å². The molecule has 2 aromatic carbocycles. The van der Waals surface area contributed by atoms with Gasteiger partial charge in [0.1, 0.15) is 0 Å². The topological polar surface area (TPSA) is 69.6 Å². The van der Waals surface area contributed by atoms with Crippen LogP contribution in [0.25, 0.3) is 21.9 Å². The summed E-state index contributed by atoms with van der Waals surface area (Å²) in [7, 11) is 0. The Kier molecular flexibility index (Phi) is 5.21. The number of halogens is 2. The van der Waals surface area contributed by atoms with E-state index in [1.807, 2.05) is 12.1 Å². The first-order valence-corrected chi connectivity index (χ1v) is 11.0. The molecule has 3 aromatic rings. The molecule has 32 heavy (non-hydrogen) atoms. The molecule has 5 rings (SSSR count). The number of phenolic OH excluding ortho intramolecular Hbond substituents is 1. The number of carbonyl (C=O) groups excluding carboxylic acids is 1. The molecule has 2 fully saturated rings. The highest BCUT2D eigenvalue weighted by atomic mass is 35.5. The van der Waals surface area contributed by atoms with Crippen LogP contribution in [-0.2, 0) is 4.79 Å². The lowest BCUT2D eigenvalue weighted by Gasteiger charge is -2.35. The Morgan fingerprint density at radius 2 is 1.88 bits per heavy atom. The summed E-state index contributed by atoms with van der Waals surface area (Å²) in [6.07, 6.45) is 3.42. The summed E-state index contributed by atoms with van der Waals surface area (Å²) in [5, 5.41) is 21.0. The number of carbonyl (C=O) groups is 1. The van der Waals surface area contributed by atoms with Crippen LogP contribution in [0.4, 0.5) is 10.2 Å². The molecular formula is C24H22ClFN4O2. The Labute approximate surface area is 189 Å². The summed E-state index contributed by atoms with van der Waals surface area (Å²) in [6.45, 7) is 5.93. The number of fused-ring (bicyclic) bond motifs is 1. The highest BCUT2D eigenvalue weighted by molar-refractivity contribution is 6.34. The Hall–Kier alpha value is -3.19. The maximum Gasteiger partial charge on any atom is 0.246 e. The number of phenols is 1. The van der Waals surface area contributed by atoms with Gasteiger partial charge in [0.05, 0.1) is 5.69 Å². The minimum atomic E-state index is -0.702. The van der Waals surface area contributed by atoms with Gasteiger partial charge in [-0.2, -0.15) is 5.10 Å². The van der Waals surface area contributed by atoms with Crippen molar-refractivity contribution in [3.8, 4) is 16.9 Å². The number of anilines is 1. The molecule has 2 heterocycles. The molecule has 1 saturated heterocycles. The van der Waals surface area contributed by atoms with E-state index in [9.17, 15) is 14.3 Å². The highest BCUT2D eigenvalue weighted by Crippen LogP contribution is 2.45. The molecule has 0 bridgehead atoms. The van der Waals surface area contributed by atoms with Crippen LogP contribution < -0.4 is 4.90 Å². The van der Waals surface area contributed by atoms with Crippen LogP contribution >= 0.6 is 11.6 Å². The van der Waals surface area contributed by atoms with Gasteiger partial charge in [-0.05, 0) is 37.1 Å². The molecule has 0 radical (unpaired) electrons. The first kappa shape index (κ1) is 20.7. The maximum absolute atomic E-state index is 14.7. The molecular weight excluding hydrogens is 431 g/mol. The lowest BCUT2D eigenvalue weighted by atomic mass is 9.98. The number of hydrogen-bond donors (Lipinski definition) is 1. The van der Waals surface area contributed by atoms with Crippen molar-refractivity contribution in [1.82, 2.24) is 15.1 Å². The zero-order valence-electron chi connectivity index (χ0n) is 17.4. The molecule has 1 aliphatic heterocycles. The smallest absolute Gasteiger partial charge is 0.246 e. The van der Waals surface area contributed by atoms with E-state index in [4.69, 9.17) is 11.6 Å². The van der Waals surface area contributed by atoms with Crippen LogP contribution in [0.2, 0.25) is 5.02 Å². The minimum Gasteiger partial charge on any atom is -0.505 e. The van der Waals surface area contributed by atoms with Crippen molar-refractivity contribution in [1.29, 1.82) is 0 Å². The fourth-order valence-corrected chi connectivity index (χ4v) is 4.54. The fraction of sp³-hybridized carbons (Fsp3) is 0.292. The summed E-state index contributed by atoms with van der Waals surface area (Å²) in [6, 6.07) is 8.18. The van der Waals surface area contributed by atoms with E-state index in [1.54, 1.807) is 17.0 Å². The second-order valence-electron chi connectivity index (χ2n) is 8.22. The first-order chi connectivity index (χ1) is 15.5. The van der Waals surface area contributed by atoms with Gasteiger partial charge in [0, 0.05) is 59.0 Å². The van der Waals surface area contributed by atoms with Gasteiger partial charge < -0.3 is 14.9 Å². The lowest BCUT2D eigenvalue weighted by Crippen LogP contribution is -2.48. The van der Waals surface area contributed by atoms with Crippen molar-refractivity contribution in [2.24, 2.45) is 0 Å². The van der Waals surface area contributed by atoms with E-state index in [0.29, 0.717) is 48.5 Å². The van der Waals surface area contributed by atoms with Crippen LogP contribution in [0.3, 0.4) is 0 Å². The zero-order chi connectivity index (χ0) is 22.4. The minimum absolute atomic E-state index is 0.0782. The molecule has 6 nitrogen and oxygen atoms in total. The van der Waals surface area contributed by atoms with Crippen molar-refractivity contribution in [3.05, 3.63) is 59.5 Å². The molecule has 1 saturated carbocycles. The normalized spacial score (nSPS) is 16.4. The van der Waals surface area contributed by atoms with Crippen molar-refractivity contribution < 1.29 is 14.3 Å². The van der Waals surface area contributed by atoms with Gasteiger partial charge >= 0.3 is 0 Å². The third kappa shape index (κ3) is 3.56. The highest BCUT2D eigenvalue weighted by Gasteiger charge is 2.30. The average molecular weight is 453 g/mol. The SMILES string of the molecule is C=CC(=O)N1CCN(c2nnc(C3CC3)c3cc(-c4cccc(O)c4F)c(Cl)cc23)CC1. The summed E-state index contributed by atoms with van der Waals surface area (Å²) in [4.78, 5) is 15.8. The summed E-state index contributed by atoms with van der Waals surface area (Å²) in [5.41, 5.74) is 1.64. The molecule has 0 atom stereocenters. The Morgan fingerprint density at radius 1 is 1.12 bits per heavy atom. The van der Waals surface area contributed by atoms with Crippen LogP contribution in [0, 0.1) is 5.82 Å². The van der Waals surface area contributed by atoms with E-state index in [2.05, 4.69) is 21.7 Å². The van der Waals surface area contributed by atoms with E-state index < -0.39 is 11.6 Å². The number of aromatic hydroxyl groups is 1. The van der Waals surface area contributed by atoms with Crippen LogP contribution in [0.1, 0.15) is 24.5 Å². The van der Waals surface area contributed by atoms with Crippen molar-refractivity contribution >= 4 is 34.1 Å². The Bertz CT molecular complexity index is 1240. The van der Waals surface area contributed by atoms with Crippen LogP contribution in [0.15, 0.2) is 43.0 Å². The standard InChI is InChI=1S/C24H22ClFN4O2/c1-2-21(32)29-8-10-30(11-9-29)24-18-13-19(25)16(15-4-3-5-20(31)22(15)26)12-17(18)23(27-28-24)14-6-7-14/h2-5,12-14,31H,1,6-11H2. The summed E-state index contributed by atoms with van der Waals surface area (Å²) < 4.78 is 14.7. The predicted octanol–water partition coefficient (Wildman–Crippen LogP) is 4.51. The molecule has 0 spiro atoms. The number of benzene rings is 2. The molecule has 1 amide bonds. The maximum atomic E-state index is 14.7. The van der Waals surface area contributed by atoms with Crippen molar-refractivity contribution in [2.75, 3.05) is 31.1 Å². The van der Waals surface area contributed by atoms with E-state index in [-0.39, 0.29) is 11.5 Å². The molecule has 164 valence electrons. The third-order valence-electron chi connectivity index (χ3n) is 6.17.